The van der Waals surface area contributed by atoms with E-state index in [-0.39, 0.29) is 11.5 Å². The summed E-state index contributed by atoms with van der Waals surface area (Å²) in [5.74, 6) is 0.592. The van der Waals surface area contributed by atoms with E-state index in [1.54, 1.807) is 21.3 Å². The monoisotopic (exact) mass is 451 g/mol. The molecule has 0 radical (unpaired) electrons. The predicted octanol–water partition coefficient (Wildman–Crippen LogP) is 4.84. The number of methoxy groups -OCH3 is 3. The molecule has 0 fully saturated rings. The Morgan fingerprint density at radius 3 is 2.09 bits per heavy atom. The number of hydrogen-bond donors (Lipinski definition) is 0. The van der Waals surface area contributed by atoms with Crippen LogP contribution >= 0.6 is 0 Å². The predicted molar refractivity (Wildman–Crippen MR) is 125 cm³/mol. The molecule has 0 saturated carbocycles. The van der Waals surface area contributed by atoms with Gasteiger partial charge in [-0.1, -0.05) is 60.7 Å². The lowest BCUT2D eigenvalue weighted by molar-refractivity contribution is -0.481. The quantitative estimate of drug-likeness (QED) is 0.223. The summed E-state index contributed by atoms with van der Waals surface area (Å²) in [5.41, 5.74) is 3.47. The van der Waals surface area contributed by atoms with Gasteiger partial charge in [0.25, 0.3) is 0 Å². The van der Waals surface area contributed by atoms with Gasteiger partial charge in [-0.15, -0.1) is 0 Å². The van der Waals surface area contributed by atoms with Crippen molar-refractivity contribution in [2.75, 3.05) is 27.9 Å². The summed E-state index contributed by atoms with van der Waals surface area (Å²) >= 11 is 0. The summed E-state index contributed by atoms with van der Waals surface area (Å²) < 4.78 is 22.5. The minimum Gasteiger partial charge on any atom is -0.493 e. The van der Waals surface area contributed by atoms with E-state index in [2.05, 4.69) is 0 Å². The molecule has 174 valence electrons. The maximum atomic E-state index is 11.6. The first-order valence-electron chi connectivity index (χ1n) is 10.7. The van der Waals surface area contributed by atoms with Crippen LogP contribution < -0.4 is 9.47 Å². The van der Waals surface area contributed by atoms with Crippen LogP contribution in [0.2, 0.25) is 0 Å². The lowest BCUT2D eigenvalue weighted by atomic mass is 9.86. The van der Waals surface area contributed by atoms with E-state index in [1.165, 1.54) is 0 Å². The number of ether oxygens (including phenoxy) is 4. The number of nitrogens with zero attached hydrogens (tertiary/aromatic N) is 1. The highest BCUT2D eigenvalue weighted by Gasteiger charge is 2.26. The zero-order valence-corrected chi connectivity index (χ0v) is 19.1. The second-order valence-corrected chi connectivity index (χ2v) is 7.56. The van der Waals surface area contributed by atoms with Gasteiger partial charge >= 0.3 is 0 Å². The van der Waals surface area contributed by atoms with Crippen molar-refractivity contribution in [3.63, 3.8) is 0 Å². The highest BCUT2D eigenvalue weighted by molar-refractivity contribution is 5.51. The Balaban J connectivity index is 2.08. The zero-order valence-electron chi connectivity index (χ0n) is 19.1. The number of nitro groups is 1. The van der Waals surface area contributed by atoms with Gasteiger partial charge in [-0.25, -0.2) is 0 Å². The molecule has 3 aromatic rings. The second-order valence-electron chi connectivity index (χ2n) is 7.56. The minimum absolute atomic E-state index is 0.258. The van der Waals surface area contributed by atoms with E-state index in [4.69, 9.17) is 18.9 Å². The molecule has 0 N–H and O–H groups in total. The Hall–Kier alpha value is -3.42. The maximum Gasteiger partial charge on any atom is 0.214 e. The molecule has 1 unspecified atom stereocenters. The molecule has 0 spiro atoms. The van der Waals surface area contributed by atoms with E-state index in [9.17, 15) is 10.1 Å². The summed E-state index contributed by atoms with van der Waals surface area (Å²) in [6.45, 7) is 0.0894. The normalized spacial score (nSPS) is 11.9. The van der Waals surface area contributed by atoms with Gasteiger partial charge in [0.1, 0.15) is 6.61 Å². The van der Waals surface area contributed by atoms with E-state index >= 15 is 0 Å². The van der Waals surface area contributed by atoms with Crippen LogP contribution in [0.1, 0.15) is 28.2 Å². The van der Waals surface area contributed by atoms with Crippen LogP contribution in [0.4, 0.5) is 0 Å². The van der Waals surface area contributed by atoms with Crippen LogP contribution in [0.3, 0.4) is 0 Å². The molecule has 3 rings (SSSR count). The third kappa shape index (κ3) is 6.54. The number of hydrogen-bond acceptors (Lipinski definition) is 6. The fourth-order valence-corrected chi connectivity index (χ4v) is 3.79. The van der Waals surface area contributed by atoms with E-state index in [1.807, 2.05) is 72.8 Å². The topological polar surface area (TPSA) is 80.1 Å². The zero-order chi connectivity index (χ0) is 23.6. The van der Waals surface area contributed by atoms with Crippen molar-refractivity contribution in [3.8, 4) is 11.5 Å². The average molecular weight is 452 g/mol. The van der Waals surface area contributed by atoms with Crippen molar-refractivity contribution in [2.45, 2.75) is 25.2 Å². The Kier molecular flexibility index (Phi) is 8.80. The first kappa shape index (κ1) is 24.2. The highest BCUT2D eigenvalue weighted by atomic mass is 16.7. The molecule has 1 atom stereocenters. The summed E-state index contributed by atoms with van der Waals surface area (Å²) in [4.78, 5) is 11.3. The van der Waals surface area contributed by atoms with E-state index in [0.717, 1.165) is 22.3 Å². The van der Waals surface area contributed by atoms with Crippen molar-refractivity contribution in [1.29, 1.82) is 0 Å². The van der Waals surface area contributed by atoms with Crippen LogP contribution in [-0.2, 0) is 22.5 Å². The molecule has 7 heteroatoms. The fourth-order valence-electron chi connectivity index (χ4n) is 3.79. The lowest BCUT2D eigenvalue weighted by Crippen LogP contribution is -2.20. The van der Waals surface area contributed by atoms with Gasteiger partial charge < -0.3 is 18.9 Å². The molecular formula is C26H29NO6. The standard InChI is InChI=1S/C26H29NO6/c1-30-24-14-21(15-26(31-2)32-3)22(16-25(24)33-18-19-10-6-4-7-11-19)23(17-27(28)29)20-12-8-5-9-13-20/h4-14,16,23,26H,15,17-18H2,1-3H3. The van der Waals surface area contributed by atoms with Gasteiger partial charge in [-0.3, -0.25) is 10.1 Å². The maximum absolute atomic E-state index is 11.6. The van der Waals surface area contributed by atoms with Crippen LogP contribution in [0, 0.1) is 10.1 Å². The van der Waals surface area contributed by atoms with Gasteiger partial charge in [0.05, 0.1) is 13.0 Å². The Labute approximate surface area is 194 Å². The molecule has 0 heterocycles. The molecule has 33 heavy (non-hydrogen) atoms. The first-order chi connectivity index (χ1) is 16.0. The van der Waals surface area contributed by atoms with Crippen LogP contribution in [-0.4, -0.2) is 39.1 Å². The fraction of sp³-hybridized carbons (Fsp3) is 0.308. The van der Waals surface area contributed by atoms with Crippen molar-refractivity contribution in [3.05, 3.63) is 105 Å². The molecule has 0 aliphatic heterocycles. The third-order valence-electron chi connectivity index (χ3n) is 5.48. The van der Waals surface area contributed by atoms with Crippen molar-refractivity contribution < 1.29 is 23.9 Å². The largest absolute Gasteiger partial charge is 0.493 e. The Morgan fingerprint density at radius 1 is 0.879 bits per heavy atom. The minimum atomic E-state index is -0.503. The smallest absolute Gasteiger partial charge is 0.214 e. The van der Waals surface area contributed by atoms with Gasteiger partial charge in [0, 0.05) is 25.6 Å². The van der Waals surface area contributed by atoms with Crippen LogP contribution in [0.15, 0.2) is 72.8 Å². The summed E-state index contributed by atoms with van der Waals surface area (Å²) in [6.07, 6.45) is -0.102. The van der Waals surface area contributed by atoms with Crippen molar-refractivity contribution >= 4 is 0 Å². The van der Waals surface area contributed by atoms with Gasteiger partial charge in [0.15, 0.2) is 17.8 Å². The molecule has 0 saturated heterocycles. The van der Waals surface area contributed by atoms with Gasteiger partial charge in [0.2, 0.25) is 6.54 Å². The Bertz CT molecular complexity index is 1020. The van der Waals surface area contributed by atoms with Crippen molar-refractivity contribution in [2.24, 2.45) is 0 Å². The molecule has 0 aliphatic carbocycles. The molecule has 0 bridgehead atoms. The molecule has 3 aromatic carbocycles. The SMILES string of the molecule is COc1cc(CC(OC)OC)c(C(C[N+](=O)[O-])c2ccccc2)cc1OCc1ccccc1. The molecule has 7 nitrogen and oxygen atoms in total. The van der Waals surface area contributed by atoms with Crippen LogP contribution in [0.25, 0.3) is 0 Å². The number of rotatable bonds is 12. The molecule has 0 aromatic heterocycles. The van der Waals surface area contributed by atoms with Gasteiger partial charge in [-0.05, 0) is 34.4 Å². The molecular weight excluding hydrogens is 422 g/mol. The van der Waals surface area contributed by atoms with Gasteiger partial charge in [-0.2, -0.15) is 0 Å². The van der Waals surface area contributed by atoms with E-state index < -0.39 is 12.2 Å². The summed E-state index contributed by atoms with van der Waals surface area (Å²) in [6, 6.07) is 22.9. The van der Waals surface area contributed by atoms with E-state index in [0.29, 0.717) is 24.5 Å². The average Bonchev–Trinajstić information content (AvgIpc) is 2.85. The molecule has 0 aliphatic rings. The van der Waals surface area contributed by atoms with Crippen molar-refractivity contribution in [1.82, 2.24) is 0 Å². The lowest BCUT2D eigenvalue weighted by Gasteiger charge is -2.23. The third-order valence-corrected chi connectivity index (χ3v) is 5.48. The van der Waals surface area contributed by atoms with Crippen LogP contribution in [0.5, 0.6) is 11.5 Å². The highest BCUT2D eigenvalue weighted by Crippen LogP contribution is 2.38. The Morgan fingerprint density at radius 2 is 1.52 bits per heavy atom. The molecule has 0 amide bonds. The summed E-state index contributed by atoms with van der Waals surface area (Å²) in [7, 11) is 4.70. The second kappa shape index (κ2) is 12.0. The first-order valence-corrected chi connectivity index (χ1v) is 10.7. The summed E-state index contributed by atoms with van der Waals surface area (Å²) in [5, 5.41) is 11.6. The number of benzene rings is 3.